The summed E-state index contributed by atoms with van der Waals surface area (Å²) in [5.41, 5.74) is 1.83. The highest BCUT2D eigenvalue weighted by Crippen LogP contribution is 2.32. The first-order chi connectivity index (χ1) is 10.7. The summed E-state index contributed by atoms with van der Waals surface area (Å²) in [4.78, 5) is 19.1. The highest BCUT2D eigenvalue weighted by Gasteiger charge is 2.20. The van der Waals surface area contributed by atoms with Crippen molar-refractivity contribution >= 4 is 17.6 Å². The molecule has 0 saturated carbocycles. The van der Waals surface area contributed by atoms with Gasteiger partial charge in [-0.25, -0.2) is 4.98 Å². The summed E-state index contributed by atoms with van der Waals surface area (Å²) < 4.78 is 4.68. The maximum Gasteiger partial charge on any atom is 0.311 e. The van der Waals surface area contributed by atoms with Crippen LogP contribution in [0.25, 0.3) is 0 Å². The van der Waals surface area contributed by atoms with Gasteiger partial charge in [0.25, 0.3) is 0 Å². The van der Waals surface area contributed by atoms with Crippen molar-refractivity contribution in [2.75, 3.05) is 7.11 Å². The maximum absolute atomic E-state index is 11.4. The number of hydrogen-bond donors (Lipinski definition) is 1. The van der Waals surface area contributed by atoms with Gasteiger partial charge in [-0.05, 0) is 18.1 Å². The van der Waals surface area contributed by atoms with E-state index in [0.29, 0.717) is 0 Å². The van der Waals surface area contributed by atoms with Gasteiger partial charge in [0, 0.05) is 22.8 Å². The number of unbranched alkanes of at least 4 members (excludes halogenated alkanes) is 1. The molecule has 1 aromatic heterocycles. The van der Waals surface area contributed by atoms with E-state index in [1.165, 1.54) is 7.11 Å². The van der Waals surface area contributed by atoms with E-state index < -0.39 is 0 Å². The number of esters is 1. The van der Waals surface area contributed by atoms with Crippen LogP contribution in [0.3, 0.4) is 0 Å². The Labute approximate surface area is 135 Å². The molecular weight excluding hydrogens is 300 g/mol. The maximum atomic E-state index is 11.4. The fourth-order valence-corrected chi connectivity index (χ4v) is 2.74. The Morgan fingerprint density at radius 2 is 2.18 bits per heavy atom. The molecule has 0 aliphatic heterocycles. The Morgan fingerprint density at radius 3 is 2.86 bits per heavy atom. The molecule has 1 aromatic carbocycles. The number of carbonyl (C=O) groups excluding carboxylic acids is 1. The number of benzene rings is 1. The molecule has 0 aliphatic rings. The monoisotopic (exact) mass is 320 g/mol. The van der Waals surface area contributed by atoms with Gasteiger partial charge in [0.1, 0.15) is 5.82 Å². The number of H-pyrrole nitrogens is 1. The molecule has 0 amide bonds. The summed E-state index contributed by atoms with van der Waals surface area (Å²) in [5.74, 6) is 0.679. The minimum Gasteiger partial charge on any atom is -0.469 e. The zero-order valence-corrected chi connectivity index (χ0v) is 13.7. The molecule has 1 unspecified atom stereocenters. The van der Waals surface area contributed by atoms with Crippen molar-refractivity contribution in [3.8, 4) is 0 Å². The number of nitrogens with one attached hydrogen (secondary N) is 1. The molecule has 0 saturated heterocycles. The number of methoxy groups -OCH3 is 1. The average molecular weight is 321 g/mol. The van der Waals surface area contributed by atoms with Gasteiger partial charge in [0.2, 0.25) is 0 Å². The molecule has 5 heteroatoms. The lowest BCUT2D eigenvalue weighted by molar-refractivity contribution is -0.139. The largest absolute Gasteiger partial charge is 0.469 e. The van der Waals surface area contributed by atoms with Crippen LogP contribution in [0.15, 0.2) is 30.5 Å². The van der Waals surface area contributed by atoms with E-state index in [1.807, 2.05) is 24.3 Å². The Hall–Kier alpha value is -1.81. The Kier molecular flexibility index (Phi) is 6.01. The number of aromatic nitrogens is 2. The van der Waals surface area contributed by atoms with Gasteiger partial charge in [0.15, 0.2) is 0 Å². The standard InChI is InChI=1S/C17H21ClN2O2/c1-3-4-7-14(13-8-5-6-9-15(13)18)17-19-11-12(20-17)10-16(21)22-2/h5-6,8-9,11,14H,3-4,7,10H2,1-2H3,(H,19,20). The van der Waals surface area contributed by atoms with E-state index in [0.717, 1.165) is 41.4 Å². The molecule has 2 rings (SSSR count). The number of carbonyl (C=O) groups is 1. The third-order valence-corrected chi connectivity index (χ3v) is 4.01. The third kappa shape index (κ3) is 4.10. The highest BCUT2D eigenvalue weighted by atomic mass is 35.5. The van der Waals surface area contributed by atoms with E-state index in [2.05, 4.69) is 21.6 Å². The minimum atomic E-state index is -0.280. The molecule has 0 radical (unpaired) electrons. The lowest BCUT2D eigenvalue weighted by Gasteiger charge is -2.16. The number of aromatic amines is 1. The van der Waals surface area contributed by atoms with Gasteiger partial charge in [-0.1, -0.05) is 49.6 Å². The van der Waals surface area contributed by atoms with Crippen molar-refractivity contribution in [1.29, 1.82) is 0 Å². The van der Waals surface area contributed by atoms with E-state index in [4.69, 9.17) is 11.6 Å². The van der Waals surface area contributed by atoms with Crippen LogP contribution in [-0.2, 0) is 16.0 Å². The number of imidazole rings is 1. The molecule has 0 bridgehead atoms. The molecule has 1 N–H and O–H groups in total. The van der Waals surface area contributed by atoms with Crippen molar-refractivity contribution in [1.82, 2.24) is 9.97 Å². The molecule has 22 heavy (non-hydrogen) atoms. The number of ether oxygens (including phenoxy) is 1. The molecule has 0 fully saturated rings. The van der Waals surface area contributed by atoms with E-state index in [-0.39, 0.29) is 18.3 Å². The average Bonchev–Trinajstić information content (AvgIpc) is 2.97. The summed E-state index contributed by atoms with van der Waals surface area (Å²) in [7, 11) is 1.38. The minimum absolute atomic E-state index is 0.111. The van der Waals surface area contributed by atoms with Crippen molar-refractivity contribution in [2.45, 2.75) is 38.5 Å². The summed E-state index contributed by atoms with van der Waals surface area (Å²) in [6.07, 6.45) is 5.06. The second-order valence-corrected chi connectivity index (χ2v) is 5.67. The number of hydrogen-bond acceptors (Lipinski definition) is 3. The van der Waals surface area contributed by atoms with Crippen LogP contribution in [-0.4, -0.2) is 23.0 Å². The highest BCUT2D eigenvalue weighted by molar-refractivity contribution is 6.31. The predicted molar refractivity (Wildman–Crippen MR) is 87.1 cm³/mol. The van der Waals surface area contributed by atoms with Crippen molar-refractivity contribution in [3.05, 3.63) is 52.6 Å². The van der Waals surface area contributed by atoms with Crippen LogP contribution in [0.5, 0.6) is 0 Å². The molecule has 4 nitrogen and oxygen atoms in total. The summed E-state index contributed by atoms with van der Waals surface area (Å²) in [5, 5.41) is 0.745. The molecule has 0 aliphatic carbocycles. The van der Waals surface area contributed by atoms with Gasteiger partial charge in [0.05, 0.1) is 13.5 Å². The third-order valence-electron chi connectivity index (χ3n) is 3.67. The molecular formula is C17H21ClN2O2. The van der Waals surface area contributed by atoms with Gasteiger partial charge >= 0.3 is 5.97 Å². The Morgan fingerprint density at radius 1 is 1.41 bits per heavy atom. The lowest BCUT2D eigenvalue weighted by Crippen LogP contribution is -2.07. The van der Waals surface area contributed by atoms with E-state index >= 15 is 0 Å². The smallest absolute Gasteiger partial charge is 0.311 e. The van der Waals surface area contributed by atoms with Gasteiger partial charge in [-0.3, -0.25) is 4.79 Å². The quantitative estimate of drug-likeness (QED) is 0.781. The van der Waals surface area contributed by atoms with Gasteiger partial charge < -0.3 is 9.72 Å². The van der Waals surface area contributed by atoms with E-state index in [1.54, 1.807) is 6.20 Å². The zero-order valence-electron chi connectivity index (χ0n) is 12.9. The fraction of sp³-hybridized carbons (Fsp3) is 0.412. The number of nitrogens with zero attached hydrogens (tertiary/aromatic N) is 1. The molecule has 1 heterocycles. The first kappa shape index (κ1) is 16.6. The Bertz CT molecular complexity index is 625. The number of rotatable bonds is 7. The van der Waals surface area contributed by atoms with Gasteiger partial charge in [-0.2, -0.15) is 0 Å². The first-order valence-corrected chi connectivity index (χ1v) is 7.88. The second kappa shape index (κ2) is 7.99. The van der Waals surface area contributed by atoms with Crippen LogP contribution in [0.4, 0.5) is 0 Å². The molecule has 2 aromatic rings. The lowest BCUT2D eigenvalue weighted by atomic mass is 9.93. The summed E-state index contributed by atoms with van der Waals surface area (Å²) >= 11 is 6.35. The first-order valence-electron chi connectivity index (χ1n) is 7.50. The summed E-state index contributed by atoms with van der Waals surface area (Å²) in [6, 6.07) is 7.84. The Balaban J connectivity index is 2.26. The van der Waals surface area contributed by atoms with Crippen LogP contribution >= 0.6 is 11.6 Å². The zero-order chi connectivity index (χ0) is 15.9. The molecule has 1 atom stereocenters. The normalized spacial score (nSPS) is 12.1. The fourth-order valence-electron chi connectivity index (χ4n) is 2.48. The summed E-state index contributed by atoms with van der Waals surface area (Å²) in [6.45, 7) is 2.16. The van der Waals surface area contributed by atoms with Gasteiger partial charge in [-0.15, -0.1) is 0 Å². The van der Waals surface area contributed by atoms with Crippen LogP contribution in [0.1, 0.15) is 49.2 Å². The molecule has 0 spiro atoms. The van der Waals surface area contributed by atoms with Crippen LogP contribution in [0, 0.1) is 0 Å². The van der Waals surface area contributed by atoms with E-state index in [9.17, 15) is 4.79 Å². The van der Waals surface area contributed by atoms with Crippen molar-refractivity contribution in [3.63, 3.8) is 0 Å². The van der Waals surface area contributed by atoms with Crippen LogP contribution < -0.4 is 0 Å². The van der Waals surface area contributed by atoms with Crippen molar-refractivity contribution < 1.29 is 9.53 Å². The SMILES string of the molecule is CCCCC(c1ncc(CC(=O)OC)[nH]1)c1ccccc1Cl. The van der Waals surface area contributed by atoms with Crippen LogP contribution in [0.2, 0.25) is 5.02 Å². The molecule has 118 valence electrons. The topological polar surface area (TPSA) is 55.0 Å². The number of halogens is 1. The second-order valence-electron chi connectivity index (χ2n) is 5.26. The predicted octanol–water partition coefficient (Wildman–Crippen LogP) is 4.10. The van der Waals surface area contributed by atoms with Crippen molar-refractivity contribution in [2.24, 2.45) is 0 Å².